The highest BCUT2D eigenvalue weighted by molar-refractivity contribution is 9.10. The minimum Gasteiger partial charge on any atom is -0.378 e. The second kappa shape index (κ2) is 7.49. The molecule has 0 heterocycles. The maximum atomic E-state index is 3.68. The average Bonchev–Trinajstić information content (AvgIpc) is 2.48. The molecule has 1 unspecified atom stereocenters. The number of hydrogen-bond acceptors (Lipinski definition) is 1. The van der Waals surface area contributed by atoms with E-state index >= 15 is 0 Å². The van der Waals surface area contributed by atoms with Gasteiger partial charge in [0.05, 0.1) is 6.04 Å². The van der Waals surface area contributed by atoms with Gasteiger partial charge < -0.3 is 5.32 Å². The Kier molecular flexibility index (Phi) is 5.66. The molecule has 1 N–H and O–H groups in total. The standard InChI is InChI=1S/C18H22BrN/c1-3-4-10-18(15-8-6-5-7-9-15)20-16-11-12-17(19)14(2)13-16/h5-9,11-13,18,20H,3-4,10H2,1-2H3. The Morgan fingerprint density at radius 3 is 2.50 bits per heavy atom. The number of nitrogens with one attached hydrogen (secondary N) is 1. The lowest BCUT2D eigenvalue weighted by Gasteiger charge is -2.21. The average molecular weight is 332 g/mol. The van der Waals surface area contributed by atoms with Crippen LogP contribution in [0.15, 0.2) is 53.0 Å². The fourth-order valence-electron chi connectivity index (χ4n) is 2.35. The molecule has 0 aromatic heterocycles. The molecule has 2 aromatic carbocycles. The summed E-state index contributed by atoms with van der Waals surface area (Å²) >= 11 is 3.55. The van der Waals surface area contributed by atoms with Crippen molar-refractivity contribution in [3.8, 4) is 0 Å². The highest BCUT2D eigenvalue weighted by atomic mass is 79.9. The molecule has 0 aliphatic carbocycles. The fourth-order valence-corrected chi connectivity index (χ4v) is 2.60. The molecule has 106 valence electrons. The highest BCUT2D eigenvalue weighted by Gasteiger charge is 2.10. The Bertz CT molecular complexity index is 536. The highest BCUT2D eigenvalue weighted by Crippen LogP contribution is 2.27. The number of benzene rings is 2. The Labute approximate surface area is 130 Å². The van der Waals surface area contributed by atoms with Gasteiger partial charge in [-0.2, -0.15) is 0 Å². The van der Waals surface area contributed by atoms with Crippen molar-refractivity contribution in [2.45, 2.75) is 39.2 Å². The monoisotopic (exact) mass is 331 g/mol. The summed E-state index contributed by atoms with van der Waals surface area (Å²) in [4.78, 5) is 0. The van der Waals surface area contributed by atoms with Gasteiger partial charge in [0, 0.05) is 10.2 Å². The summed E-state index contributed by atoms with van der Waals surface area (Å²) in [5, 5.41) is 3.68. The molecule has 2 rings (SSSR count). The van der Waals surface area contributed by atoms with Gasteiger partial charge in [0.1, 0.15) is 0 Å². The second-order valence-corrected chi connectivity index (χ2v) is 6.07. The largest absolute Gasteiger partial charge is 0.378 e. The lowest BCUT2D eigenvalue weighted by atomic mass is 10.0. The number of hydrogen-bond donors (Lipinski definition) is 1. The van der Waals surface area contributed by atoms with Crippen LogP contribution in [-0.2, 0) is 0 Å². The van der Waals surface area contributed by atoms with E-state index in [-0.39, 0.29) is 0 Å². The Morgan fingerprint density at radius 2 is 1.85 bits per heavy atom. The minimum absolute atomic E-state index is 0.386. The number of unbranched alkanes of at least 4 members (excludes halogenated alkanes) is 1. The smallest absolute Gasteiger partial charge is 0.0513 e. The molecular weight excluding hydrogens is 310 g/mol. The summed E-state index contributed by atoms with van der Waals surface area (Å²) in [6, 6.07) is 17.6. The van der Waals surface area contributed by atoms with Crippen LogP contribution in [0.1, 0.15) is 43.4 Å². The van der Waals surface area contributed by atoms with Crippen molar-refractivity contribution in [1.82, 2.24) is 0 Å². The summed E-state index contributed by atoms with van der Waals surface area (Å²) in [6.45, 7) is 4.37. The van der Waals surface area contributed by atoms with Crippen molar-refractivity contribution >= 4 is 21.6 Å². The van der Waals surface area contributed by atoms with Gasteiger partial charge in [0.15, 0.2) is 0 Å². The van der Waals surface area contributed by atoms with Crippen molar-refractivity contribution < 1.29 is 0 Å². The third-order valence-corrected chi connectivity index (χ3v) is 4.44. The van der Waals surface area contributed by atoms with Crippen molar-refractivity contribution in [2.24, 2.45) is 0 Å². The van der Waals surface area contributed by atoms with E-state index in [0.29, 0.717) is 6.04 Å². The molecule has 0 bridgehead atoms. The molecule has 1 atom stereocenters. The Morgan fingerprint density at radius 1 is 1.10 bits per heavy atom. The normalized spacial score (nSPS) is 12.2. The number of rotatable bonds is 6. The van der Waals surface area contributed by atoms with Crippen LogP contribution >= 0.6 is 15.9 Å². The van der Waals surface area contributed by atoms with Crippen LogP contribution < -0.4 is 5.32 Å². The van der Waals surface area contributed by atoms with Crippen LogP contribution in [-0.4, -0.2) is 0 Å². The van der Waals surface area contributed by atoms with E-state index in [2.05, 4.69) is 83.6 Å². The fraction of sp³-hybridized carbons (Fsp3) is 0.333. The quantitative estimate of drug-likeness (QED) is 0.674. The van der Waals surface area contributed by atoms with Crippen molar-refractivity contribution in [1.29, 1.82) is 0 Å². The molecule has 0 saturated carbocycles. The van der Waals surface area contributed by atoms with Gasteiger partial charge in [-0.05, 0) is 42.7 Å². The van der Waals surface area contributed by atoms with Gasteiger partial charge in [-0.1, -0.05) is 66.0 Å². The molecule has 2 aromatic rings. The molecule has 20 heavy (non-hydrogen) atoms. The first kappa shape index (κ1) is 15.1. The zero-order valence-corrected chi connectivity index (χ0v) is 13.8. The van der Waals surface area contributed by atoms with Gasteiger partial charge >= 0.3 is 0 Å². The van der Waals surface area contributed by atoms with Crippen LogP contribution in [0.4, 0.5) is 5.69 Å². The molecule has 0 aliphatic heterocycles. The number of anilines is 1. The van der Waals surface area contributed by atoms with Crippen molar-refractivity contribution in [3.05, 3.63) is 64.1 Å². The molecule has 0 aliphatic rings. The third-order valence-electron chi connectivity index (χ3n) is 3.55. The van der Waals surface area contributed by atoms with E-state index in [1.165, 1.54) is 29.7 Å². The number of halogens is 1. The number of aryl methyl sites for hydroxylation is 1. The first-order valence-corrected chi connectivity index (χ1v) is 8.07. The molecule has 0 spiro atoms. The molecule has 2 heteroatoms. The first-order chi connectivity index (χ1) is 9.70. The van der Waals surface area contributed by atoms with Crippen LogP contribution in [0, 0.1) is 6.92 Å². The molecule has 0 amide bonds. The van der Waals surface area contributed by atoms with Crippen LogP contribution in [0.3, 0.4) is 0 Å². The van der Waals surface area contributed by atoms with E-state index in [0.717, 1.165) is 10.9 Å². The Hall–Kier alpha value is -1.28. The van der Waals surface area contributed by atoms with Crippen molar-refractivity contribution in [3.63, 3.8) is 0 Å². The summed E-state index contributed by atoms with van der Waals surface area (Å²) in [6.07, 6.45) is 3.63. The zero-order chi connectivity index (χ0) is 14.4. The lowest BCUT2D eigenvalue weighted by molar-refractivity contribution is 0.634. The summed E-state index contributed by atoms with van der Waals surface area (Å²) in [5.41, 5.74) is 3.81. The summed E-state index contributed by atoms with van der Waals surface area (Å²) in [7, 11) is 0. The second-order valence-electron chi connectivity index (χ2n) is 5.21. The van der Waals surface area contributed by atoms with E-state index in [9.17, 15) is 0 Å². The van der Waals surface area contributed by atoms with E-state index in [1.54, 1.807) is 0 Å². The third kappa shape index (κ3) is 4.11. The predicted octanol–water partition coefficient (Wildman–Crippen LogP) is 6.10. The van der Waals surface area contributed by atoms with Crippen LogP contribution in [0.5, 0.6) is 0 Å². The molecule has 0 saturated heterocycles. The summed E-state index contributed by atoms with van der Waals surface area (Å²) in [5.74, 6) is 0. The van der Waals surface area contributed by atoms with Crippen molar-refractivity contribution in [2.75, 3.05) is 5.32 Å². The molecule has 0 radical (unpaired) electrons. The van der Waals surface area contributed by atoms with Gasteiger partial charge in [-0.15, -0.1) is 0 Å². The Balaban J connectivity index is 2.17. The van der Waals surface area contributed by atoms with Gasteiger partial charge in [0.25, 0.3) is 0 Å². The van der Waals surface area contributed by atoms with Gasteiger partial charge in [-0.3, -0.25) is 0 Å². The van der Waals surface area contributed by atoms with E-state index in [4.69, 9.17) is 0 Å². The minimum atomic E-state index is 0.386. The van der Waals surface area contributed by atoms with E-state index in [1.807, 2.05) is 0 Å². The SMILES string of the molecule is CCCCC(Nc1ccc(Br)c(C)c1)c1ccccc1. The zero-order valence-electron chi connectivity index (χ0n) is 12.2. The molecular formula is C18H22BrN. The molecule has 0 fully saturated rings. The predicted molar refractivity (Wildman–Crippen MR) is 91.2 cm³/mol. The lowest BCUT2D eigenvalue weighted by Crippen LogP contribution is -2.10. The summed E-state index contributed by atoms with van der Waals surface area (Å²) < 4.78 is 1.16. The van der Waals surface area contributed by atoms with Gasteiger partial charge in [-0.25, -0.2) is 0 Å². The van der Waals surface area contributed by atoms with E-state index < -0.39 is 0 Å². The first-order valence-electron chi connectivity index (χ1n) is 7.28. The molecule has 1 nitrogen and oxygen atoms in total. The van der Waals surface area contributed by atoms with Crippen LogP contribution in [0.25, 0.3) is 0 Å². The maximum Gasteiger partial charge on any atom is 0.0513 e. The van der Waals surface area contributed by atoms with Gasteiger partial charge in [0.2, 0.25) is 0 Å². The topological polar surface area (TPSA) is 12.0 Å². The van der Waals surface area contributed by atoms with Crippen LogP contribution in [0.2, 0.25) is 0 Å². The maximum absolute atomic E-state index is 3.68.